The van der Waals surface area contributed by atoms with Crippen molar-refractivity contribution in [3.05, 3.63) is 59.2 Å². The lowest BCUT2D eigenvalue weighted by Crippen LogP contribution is -2.48. The van der Waals surface area contributed by atoms with E-state index in [-0.39, 0.29) is 18.8 Å². The van der Waals surface area contributed by atoms with Gasteiger partial charge in [-0.1, -0.05) is 18.2 Å². The molecule has 0 saturated heterocycles. The second-order valence-corrected chi connectivity index (χ2v) is 9.05. The van der Waals surface area contributed by atoms with Gasteiger partial charge in [-0.05, 0) is 56.2 Å². The number of ether oxygens (including phenoxy) is 1. The highest BCUT2D eigenvalue weighted by Gasteiger charge is 2.34. The van der Waals surface area contributed by atoms with Crippen molar-refractivity contribution in [2.24, 2.45) is 0 Å². The van der Waals surface area contributed by atoms with E-state index < -0.39 is 33.7 Å². The minimum atomic E-state index is -4.64. The number of hydrogen-bond donors (Lipinski definition) is 1. The largest absolute Gasteiger partial charge is 0.491 e. The van der Waals surface area contributed by atoms with Crippen LogP contribution in [0, 0.1) is 13.8 Å². The van der Waals surface area contributed by atoms with Crippen molar-refractivity contribution in [1.29, 1.82) is 0 Å². The van der Waals surface area contributed by atoms with Crippen LogP contribution < -0.4 is 14.4 Å². The van der Waals surface area contributed by atoms with E-state index in [1.807, 2.05) is 32.0 Å². The lowest BCUT2D eigenvalue weighted by molar-refractivity contribution is -0.137. The summed E-state index contributed by atoms with van der Waals surface area (Å²) in [6, 6.07) is 8.29. The first kappa shape index (κ1) is 24.5. The number of aryl methyl sites for hydroxylation is 2. The first-order valence-corrected chi connectivity index (χ1v) is 11.3. The van der Waals surface area contributed by atoms with E-state index in [4.69, 9.17) is 4.74 Å². The first-order chi connectivity index (χ1) is 14.3. The second-order valence-electron chi connectivity index (χ2n) is 7.19. The lowest BCUT2D eigenvalue weighted by Gasteiger charge is -2.28. The Bertz CT molecular complexity index is 1040. The van der Waals surface area contributed by atoms with Crippen LogP contribution in [0.5, 0.6) is 5.75 Å². The third kappa shape index (κ3) is 6.61. The molecule has 170 valence electrons. The van der Waals surface area contributed by atoms with Gasteiger partial charge in [0.05, 0.1) is 24.1 Å². The standard InChI is InChI=1S/C21H25F3N2O4S/c1-14-8-9-15(2)19(12-14)30-11-10-25-20(27)16(3)26(31(4,28)29)18-7-5-6-17(13-18)21(22,23)24/h5-9,12-13,16H,10-11H2,1-4H3,(H,25,27)/t16-/m0/s1. The fourth-order valence-electron chi connectivity index (χ4n) is 2.97. The number of carbonyl (C=O) groups is 1. The van der Waals surface area contributed by atoms with Crippen molar-refractivity contribution in [2.45, 2.75) is 33.0 Å². The number of amides is 1. The molecule has 0 aromatic heterocycles. The third-order valence-corrected chi connectivity index (χ3v) is 5.76. The van der Waals surface area contributed by atoms with Crippen LogP contribution in [0.3, 0.4) is 0 Å². The molecule has 0 bridgehead atoms. The molecule has 2 rings (SSSR count). The van der Waals surface area contributed by atoms with Crippen LogP contribution in [0.15, 0.2) is 42.5 Å². The van der Waals surface area contributed by atoms with Gasteiger partial charge in [0.1, 0.15) is 18.4 Å². The Morgan fingerprint density at radius 2 is 1.84 bits per heavy atom. The van der Waals surface area contributed by atoms with Crippen LogP contribution in [0.1, 0.15) is 23.6 Å². The zero-order chi connectivity index (χ0) is 23.4. The van der Waals surface area contributed by atoms with Gasteiger partial charge in [0.25, 0.3) is 0 Å². The van der Waals surface area contributed by atoms with E-state index in [9.17, 15) is 26.4 Å². The number of rotatable bonds is 8. The van der Waals surface area contributed by atoms with Gasteiger partial charge < -0.3 is 10.1 Å². The van der Waals surface area contributed by atoms with Gasteiger partial charge in [0, 0.05) is 0 Å². The molecule has 0 fully saturated rings. The number of hydrogen-bond acceptors (Lipinski definition) is 4. The average Bonchev–Trinajstić information content (AvgIpc) is 2.66. The molecule has 10 heteroatoms. The van der Waals surface area contributed by atoms with Crippen molar-refractivity contribution in [3.63, 3.8) is 0 Å². The molecule has 0 aliphatic carbocycles. The highest BCUT2D eigenvalue weighted by molar-refractivity contribution is 7.92. The monoisotopic (exact) mass is 458 g/mol. The summed E-state index contributed by atoms with van der Waals surface area (Å²) in [6.07, 6.45) is -3.81. The molecule has 0 spiro atoms. The quantitative estimate of drug-likeness (QED) is 0.613. The molecule has 1 amide bonds. The molecule has 2 aromatic carbocycles. The van der Waals surface area contributed by atoms with Crippen LogP contribution in [0.25, 0.3) is 0 Å². The van der Waals surface area contributed by atoms with Crippen LogP contribution in [-0.2, 0) is 21.0 Å². The van der Waals surface area contributed by atoms with E-state index in [1.54, 1.807) is 0 Å². The molecule has 0 aliphatic rings. The summed E-state index contributed by atoms with van der Waals surface area (Å²) in [5.41, 5.74) is 0.695. The molecule has 1 atom stereocenters. The Morgan fingerprint density at radius 1 is 1.16 bits per heavy atom. The van der Waals surface area contributed by atoms with Crippen molar-refractivity contribution in [2.75, 3.05) is 23.7 Å². The molecular formula is C21H25F3N2O4S. The molecule has 0 unspecified atom stereocenters. The van der Waals surface area contributed by atoms with Gasteiger partial charge in [0.2, 0.25) is 15.9 Å². The van der Waals surface area contributed by atoms with Crippen molar-refractivity contribution < 1.29 is 31.1 Å². The molecule has 31 heavy (non-hydrogen) atoms. The topological polar surface area (TPSA) is 75.7 Å². The lowest BCUT2D eigenvalue weighted by atomic mass is 10.1. The second kappa shape index (κ2) is 9.59. The SMILES string of the molecule is Cc1ccc(C)c(OCCNC(=O)[C@H](C)N(c2cccc(C(F)(F)F)c2)S(C)(=O)=O)c1. The highest BCUT2D eigenvalue weighted by atomic mass is 32.2. The average molecular weight is 459 g/mol. The normalized spacial score (nSPS) is 12.9. The summed E-state index contributed by atoms with van der Waals surface area (Å²) >= 11 is 0. The summed E-state index contributed by atoms with van der Waals surface area (Å²) in [4.78, 5) is 12.5. The summed E-state index contributed by atoms with van der Waals surface area (Å²) in [5, 5.41) is 2.56. The van der Waals surface area contributed by atoms with Gasteiger partial charge in [-0.25, -0.2) is 8.42 Å². The molecule has 0 radical (unpaired) electrons. The molecule has 0 heterocycles. The Labute approximate surface area is 180 Å². The van der Waals surface area contributed by atoms with Crippen molar-refractivity contribution >= 4 is 21.6 Å². The predicted octanol–water partition coefficient (Wildman–Crippen LogP) is 3.67. The highest BCUT2D eigenvalue weighted by Crippen LogP contribution is 2.32. The Morgan fingerprint density at radius 3 is 2.45 bits per heavy atom. The summed E-state index contributed by atoms with van der Waals surface area (Å²) in [5.74, 6) is 0.0106. The van der Waals surface area contributed by atoms with E-state index >= 15 is 0 Å². The van der Waals surface area contributed by atoms with Gasteiger partial charge >= 0.3 is 6.18 Å². The maximum absolute atomic E-state index is 13.0. The van der Waals surface area contributed by atoms with Crippen LogP contribution in [0.2, 0.25) is 0 Å². The minimum Gasteiger partial charge on any atom is -0.491 e. The van der Waals surface area contributed by atoms with Gasteiger partial charge in [-0.2, -0.15) is 13.2 Å². The maximum Gasteiger partial charge on any atom is 0.416 e. The minimum absolute atomic E-state index is 0.0940. The number of carbonyl (C=O) groups excluding carboxylic acids is 1. The Hall–Kier alpha value is -2.75. The van der Waals surface area contributed by atoms with Crippen molar-refractivity contribution in [1.82, 2.24) is 5.32 Å². The van der Waals surface area contributed by atoms with Gasteiger partial charge in [-0.3, -0.25) is 9.10 Å². The van der Waals surface area contributed by atoms with Crippen LogP contribution in [0.4, 0.5) is 18.9 Å². The smallest absolute Gasteiger partial charge is 0.416 e. The fraction of sp³-hybridized carbons (Fsp3) is 0.381. The number of nitrogens with one attached hydrogen (secondary N) is 1. The number of benzene rings is 2. The number of alkyl halides is 3. The Balaban J connectivity index is 2.09. The zero-order valence-electron chi connectivity index (χ0n) is 17.7. The zero-order valence-corrected chi connectivity index (χ0v) is 18.5. The van der Waals surface area contributed by atoms with Gasteiger partial charge in [0.15, 0.2) is 0 Å². The van der Waals surface area contributed by atoms with Crippen LogP contribution >= 0.6 is 0 Å². The van der Waals surface area contributed by atoms with Crippen molar-refractivity contribution in [3.8, 4) is 5.75 Å². The molecule has 1 N–H and O–H groups in total. The summed E-state index contributed by atoms with van der Waals surface area (Å²) in [7, 11) is -4.03. The predicted molar refractivity (Wildman–Crippen MR) is 113 cm³/mol. The molecule has 0 saturated carbocycles. The number of anilines is 1. The third-order valence-electron chi connectivity index (χ3n) is 4.52. The van der Waals surface area contributed by atoms with Gasteiger partial charge in [-0.15, -0.1) is 0 Å². The fourth-order valence-corrected chi connectivity index (χ4v) is 4.14. The molecule has 0 aliphatic heterocycles. The van der Waals surface area contributed by atoms with Crippen LogP contribution in [-0.4, -0.2) is 39.8 Å². The molecule has 6 nitrogen and oxygen atoms in total. The maximum atomic E-state index is 13.0. The van der Waals surface area contributed by atoms with E-state index in [0.717, 1.165) is 29.5 Å². The van der Waals surface area contributed by atoms with E-state index in [2.05, 4.69) is 5.32 Å². The molecule has 2 aromatic rings. The number of halogens is 3. The number of sulfonamides is 1. The number of nitrogens with zero attached hydrogens (tertiary/aromatic N) is 1. The summed E-state index contributed by atoms with van der Waals surface area (Å²) in [6.45, 7) is 5.35. The summed E-state index contributed by atoms with van der Waals surface area (Å²) < 4.78 is 69.9. The van der Waals surface area contributed by atoms with E-state index in [1.165, 1.54) is 13.0 Å². The first-order valence-electron chi connectivity index (χ1n) is 9.45. The Kier molecular flexibility index (Phi) is 7.58. The van der Waals surface area contributed by atoms with E-state index in [0.29, 0.717) is 16.1 Å². The molecular weight excluding hydrogens is 433 g/mol.